The average molecular weight is 266 g/mol. The zero-order valence-corrected chi connectivity index (χ0v) is 10.1. The number of hydrogen-bond acceptors (Lipinski definition) is 5. The molecule has 3 aromatic rings. The molecular weight excluding hydrogens is 259 g/mol. The molecule has 0 amide bonds. The number of nitrogens with zero attached hydrogens (tertiary/aromatic N) is 4. The maximum atomic E-state index is 13.5. The molecule has 0 N–H and O–H groups in total. The van der Waals surface area contributed by atoms with Gasteiger partial charge in [-0.05, 0) is 36.4 Å². The van der Waals surface area contributed by atoms with Crippen molar-refractivity contribution in [2.24, 2.45) is 0 Å². The number of aromatic nitrogens is 3. The van der Waals surface area contributed by atoms with Gasteiger partial charge in [0.25, 0.3) is 5.89 Å². The molecule has 0 bridgehead atoms. The van der Waals surface area contributed by atoms with E-state index in [0.29, 0.717) is 11.1 Å². The Hall–Kier alpha value is -3.07. The summed E-state index contributed by atoms with van der Waals surface area (Å²) in [6, 6.07) is 11.8. The van der Waals surface area contributed by atoms with Gasteiger partial charge in [0, 0.05) is 11.8 Å². The number of hydrogen-bond donors (Lipinski definition) is 0. The minimum atomic E-state index is -0.664. The minimum absolute atomic E-state index is 0.0648. The highest BCUT2D eigenvalue weighted by atomic mass is 19.1. The Morgan fingerprint density at radius 3 is 2.50 bits per heavy atom. The van der Waals surface area contributed by atoms with Gasteiger partial charge >= 0.3 is 0 Å². The van der Waals surface area contributed by atoms with Gasteiger partial charge in [-0.3, -0.25) is 0 Å². The standard InChI is InChI=1S/C14H7FN4O/c15-12-11(2-1-7-17-12)14-19-18-13(20-14)10-5-3-9(8-16)4-6-10/h1-7H. The highest BCUT2D eigenvalue weighted by Gasteiger charge is 2.14. The largest absolute Gasteiger partial charge is 0.416 e. The van der Waals surface area contributed by atoms with Crippen LogP contribution < -0.4 is 0 Å². The van der Waals surface area contributed by atoms with Gasteiger partial charge in [0.15, 0.2) is 0 Å². The summed E-state index contributed by atoms with van der Waals surface area (Å²) in [5.41, 5.74) is 1.35. The molecule has 0 unspecified atom stereocenters. The second-order valence-corrected chi connectivity index (χ2v) is 3.94. The molecule has 5 nitrogen and oxygen atoms in total. The molecule has 0 saturated carbocycles. The molecule has 20 heavy (non-hydrogen) atoms. The van der Waals surface area contributed by atoms with Gasteiger partial charge in [-0.1, -0.05) is 0 Å². The minimum Gasteiger partial charge on any atom is -0.416 e. The first-order valence-electron chi connectivity index (χ1n) is 5.73. The van der Waals surface area contributed by atoms with E-state index in [2.05, 4.69) is 15.2 Å². The fraction of sp³-hybridized carbons (Fsp3) is 0. The summed E-state index contributed by atoms with van der Waals surface area (Å²) in [5, 5.41) is 16.4. The maximum Gasteiger partial charge on any atom is 0.252 e. The van der Waals surface area contributed by atoms with Crippen LogP contribution in [0.4, 0.5) is 4.39 Å². The predicted molar refractivity (Wildman–Crippen MR) is 67.6 cm³/mol. The van der Waals surface area contributed by atoms with E-state index in [1.54, 1.807) is 30.3 Å². The fourth-order valence-electron chi connectivity index (χ4n) is 1.68. The SMILES string of the molecule is N#Cc1ccc(-c2nnc(-c3cccnc3F)o2)cc1. The Balaban J connectivity index is 1.98. The van der Waals surface area contributed by atoms with Gasteiger partial charge in [-0.15, -0.1) is 10.2 Å². The van der Waals surface area contributed by atoms with E-state index in [1.165, 1.54) is 12.3 Å². The highest BCUT2D eigenvalue weighted by Crippen LogP contribution is 2.24. The second-order valence-electron chi connectivity index (χ2n) is 3.94. The molecule has 0 aliphatic carbocycles. The molecule has 0 aliphatic rings. The van der Waals surface area contributed by atoms with Crippen LogP contribution in [0, 0.1) is 17.3 Å². The van der Waals surface area contributed by atoms with Crippen molar-refractivity contribution in [3.63, 3.8) is 0 Å². The zero-order chi connectivity index (χ0) is 13.9. The molecule has 0 aliphatic heterocycles. The summed E-state index contributed by atoms with van der Waals surface area (Å²) in [4.78, 5) is 3.53. The number of rotatable bonds is 2. The topological polar surface area (TPSA) is 75.6 Å². The quantitative estimate of drug-likeness (QED) is 0.666. The van der Waals surface area contributed by atoms with Crippen molar-refractivity contribution in [2.75, 3.05) is 0 Å². The molecular formula is C14H7FN4O. The van der Waals surface area contributed by atoms with Crippen molar-refractivity contribution >= 4 is 0 Å². The van der Waals surface area contributed by atoms with Crippen molar-refractivity contribution in [3.8, 4) is 29.0 Å². The Labute approximate surface area is 113 Å². The van der Waals surface area contributed by atoms with E-state index in [1.807, 2.05) is 6.07 Å². The van der Waals surface area contributed by atoms with E-state index in [9.17, 15) is 4.39 Å². The zero-order valence-electron chi connectivity index (χ0n) is 10.1. The predicted octanol–water partition coefficient (Wildman–Crippen LogP) is 2.81. The molecule has 0 fully saturated rings. The third kappa shape index (κ3) is 2.12. The van der Waals surface area contributed by atoms with Crippen LogP contribution in [0.2, 0.25) is 0 Å². The summed E-state index contributed by atoms with van der Waals surface area (Å²) in [6.45, 7) is 0. The van der Waals surface area contributed by atoms with E-state index in [4.69, 9.17) is 9.68 Å². The van der Waals surface area contributed by atoms with Crippen LogP contribution in [0.25, 0.3) is 22.9 Å². The van der Waals surface area contributed by atoms with Crippen molar-refractivity contribution in [3.05, 3.63) is 54.1 Å². The molecule has 96 valence electrons. The van der Waals surface area contributed by atoms with Gasteiger partial charge in [-0.2, -0.15) is 9.65 Å². The lowest BCUT2D eigenvalue weighted by Crippen LogP contribution is -1.87. The third-order valence-electron chi connectivity index (χ3n) is 2.68. The number of nitriles is 1. The molecule has 0 saturated heterocycles. The summed E-state index contributed by atoms with van der Waals surface area (Å²) in [7, 11) is 0. The Kier molecular flexibility index (Phi) is 2.94. The monoisotopic (exact) mass is 266 g/mol. The lowest BCUT2D eigenvalue weighted by molar-refractivity contribution is 0.555. The third-order valence-corrected chi connectivity index (χ3v) is 2.68. The number of pyridine rings is 1. The molecule has 1 aromatic carbocycles. The van der Waals surface area contributed by atoms with Gasteiger partial charge < -0.3 is 4.42 Å². The normalized spacial score (nSPS) is 10.2. The molecule has 0 spiro atoms. The summed E-state index contributed by atoms with van der Waals surface area (Å²) in [6.07, 6.45) is 1.34. The van der Waals surface area contributed by atoms with Crippen LogP contribution in [-0.4, -0.2) is 15.2 Å². The Morgan fingerprint density at radius 1 is 1.05 bits per heavy atom. The molecule has 0 radical (unpaired) electrons. The fourth-order valence-corrected chi connectivity index (χ4v) is 1.68. The van der Waals surface area contributed by atoms with Gasteiger partial charge in [0.1, 0.15) is 0 Å². The summed E-state index contributed by atoms with van der Waals surface area (Å²) < 4.78 is 18.9. The van der Waals surface area contributed by atoms with Crippen LogP contribution in [-0.2, 0) is 0 Å². The second kappa shape index (κ2) is 4.90. The lowest BCUT2D eigenvalue weighted by atomic mass is 10.1. The first-order chi connectivity index (χ1) is 9.78. The van der Waals surface area contributed by atoms with Crippen LogP contribution in [0.3, 0.4) is 0 Å². The number of halogens is 1. The molecule has 0 atom stereocenters. The van der Waals surface area contributed by atoms with E-state index < -0.39 is 5.95 Å². The average Bonchev–Trinajstić information content (AvgIpc) is 2.97. The van der Waals surface area contributed by atoms with Crippen LogP contribution in [0.1, 0.15) is 5.56 Å². The smallest absolute Gasteiger partial charge is 0.252 e. The van der Waals surface area contributed by atoms with Crippen LogP contribution >= 0.6 is 0 Å². The van der Waals surface area contributed by atoms with E-state index in [-0.39, 0.29) is 17.3 Å². The summed E-state index contributed by atoms with van der Waals surface area (Å²) >= 11 is 0. The van der Waals surface area contributed by atoms with Crippen molar-refractivity contribution < 1.29 is 8.81 Å². The van der Waals surface area contributed by atoms with Gasteiger partial charge in [0.05, 0.1) is 17.2 Å². The van der Waals surface area contributed by atoms with Crippen molar-refractivity contribution in [2.45, 2.75) is 0 Å². The van der Waals surface area contributed by atoms with Crippen LogP contribution in [0.5, 0.6) is 0 Å². The molecule has 3 rings (SSSR count). The van der Waals surface area contributed by atoms with Crippen molar-refractivity contribution in [1.29, 1.82) is 5.26 Å². The Bertz CT molecular complexity index is 789. The van der Waals surface area contributed by atoms with Gasteiger partial charge in [0.2, 0.25) is 11.8 Å². The summed E-state index contributed by atoms with van der Waals surface area (Å²) in [5.74, 6) is -0.342. The van der Waals surface area contributed by atoms with E-state index >= 15 is 0 Å². The first kappa shape index (κ1) is 12.0. The molecule has 2 heterocycles. The maximum absolute atomic E-state index is 13.5. The highest BCUT2D eigenvalue weighted by molar-refractivity contribution is 5.58. The molecule has 6 heteroatoms. The van der Waals surface area contributed by atoms with Gasteiger partial charge in [-0.25, -0.2) is 4.98 Å². The van der Waals surface area contributed by atoms with Crippen molar-refractivity contribution in [1.82, 2.24) is 15.2 Å². The lowest BCUT2D eigenvalue weighted by Gasteiger charge is -1.96. The van der Waals surface area contributed by atoms with E-state index in [0.717, 1.165) is 0 Å². The Morgan fingerprint density at radius 2 is 1.80 bits per heavy atom. The number of benzene rings is 1. The first-order valence-corrected chi connectivity index (χ1v) is 5.73. The molecule has 2 aromatic heterocycles. The van der Waals surface area contributed by atoms with Crippen LogP contribution in [0.15, 0.2) is 47.0 Å².